The highest BCUT2D eigenvalue weighted by Crippen LogP contribution is 2.18. The first-order chi connectivity index (χ1) is 10.6. The number of carbonyl (C=O) groups is 2. The number of rotatable bonds is 4. The van der Waals surface area contributed by atoms with Crippen LogP contribution in [0.25, 0.3) is 11.1 Å². The van der Waals surface area contributed by atoms with Crippen LogP contribution in [0.3, 0.4) is 0 Å². The van der Waals surface area contributed by atoms with Crippen molar-refractivity contribution in [3.05, 3.63) is 41.2 Å². The van der Waals surface area contributed by atoms with E-state index in [1.165, 1.54) is 12.3 Å². The lowest BCUT2D eigenvalue weighted by Gasteiger charge is -1.98. The van der Waals surface area contributed by atoms with E-state index in [1.54, 1.807) is 6.07 Å². The highest BCUT2D eigenvalue weighted by Gasteiger charge is 2.14. The molecular weight excluding hydrogens is 306 g/mol. The van der Waals surface area contributed by atoms with Crippen LogP contribution in [0.1, 0.15) is 23.3 Å². The van der Waals surface area contributed by atoms with Crippen LogP contribution in [-0.2, 0) is 16.1 Å². The Bertz CT molecular complexity index is 806. The molecule has 2 heterocycles. The van der Waals surface area contributed by atoms with Crippen molar-refractivity contribution >= 4 is 39.4 Å². The van der Waals surface area contributed by atoms with Crippen molar-refractivity contribution in [2.24, 2.45) is 0 Å². The van der Waals surface area contributed by atoms with Gasteiger partial charge in [-0.15, -0.1) is 11.3 Å². The van der Waals surface area contributed by atoms with E-state index in [9.17, 15) is 9.59 Å². The number of nitrogens with zero attached hydrogens (tertiary/aromatic N) is 2. The zero-order valence-corrected chi connectivity index (χ0v) is 12.3. The summed E-state index contributed by atoms with van der Waals surface area (Å²) in [5, 5.41) is 4.36. The lowest BCUT2D eigenvalue weighted by atomic mass is 10.3. The normalized spacial score (nSPS) is 10.6. The van der Waals surface area contributed by atoms with Crippen molar-refractivity contribution in [2.45, 2.75) is 13.5 Å². The molecule has 0 bridgehead atoms. The quantitative estimate of drug-likeness (QED) is 0.743. The molecule has 2 aromatic heterocycles. The minimum Gasteiger partial charge on any atom is -0.451 e. The number of benzene rings is 1. The fraction of sp³-hybridized carbons (Fsp3) is 0.143. The number of oxazole rings is 1. The van der Waals surface area contributed by atoms with Gasteiger partial charge in [0.05, 0.1) is 0 Å². The van der Waals surface area contributed by atoms with Crippen LogP contribution in [0.15, 0.2) is 34.1 Å². The van der Waals surface area contributed by atoms with Crippen LogP contribution in [0.5, 0.6) is 0 Å². The molecule has 0 fully saturated rings. The largest absolute Gasteiger partial charge is 0.451 e. The molecule has 0 atom stereocenters. The third kappa shape index (κ3) is 3.12. The van der Waals surface area contributed by atoms with Gasteiger partial charge in [-0.2, -0.15) is 0 Å². The van der Waals surface area contributed by atoms with E-state index in [4.69, 9.17) is 9.15 Å². The van der Waals surface area contributed by atoms with Crippen molar-refractivity contribution in [1.82, 2.24) is 9.97 Å². The lowest BCUT2D eigenvalue weighted by Crippen LogP contribution is -2.08. The molecule has 1 amide bonds. The second-order valence-electron chi connectivity index (χ2n) is 4.37. The van der Waals surface area contributed by atoms with Gasteiger partial charge in [0.15, 0.2) is 23.0 Å². The molecule has 0 radical (unpaired) electrons. The average molecular weight is 317 g/mol. The molecule has 0 aliphatic rings. The summed E-state index contributed by atoms with van der Waals surface area (Å²) in [5.41, 5.74) is 1.47. The number of para-hydroxylation sites is 2. The van der Waals surface area contributed by atoms with E-state index in [2.05, 4.69) is 15.3 Å². The first kappa shape index (κ1) is 14.2. The standard InChI is InChI=1S/C14H11N3O4S/c1-8(18)15-14-17-10(7-22-14)13(19)20-6-12-16-9-4-2-3-5-11(9)21-12/h2-5,7H,6H2,1H3,(H,15,17,18). The third-order valence-corrected chi connectivity index (χ3v) is 3.42. The van der Waals surface area contributed by atoms with Gasteiger partial charge in [0.1, 0.15) is 5.52 Å². The minimum absolute atomic E-state index is 0.0828. The highest BCUT2D eigenvalue weighted by atomic mass is 32.1. The molecule has 3 rings (SSSR count). The summed E-state index contributed by atoms with van der Waals surface area (Å²) < 4.78 is 10.5. The number of anilines is 1. The van der Waals surface area contributed by atoms with Gasteiger partial charge in [-0.25, -0.2) is 14.8 Å². The summed E-state index contributed by atoms with van der Waals surface area (Å²) in [7, 11) is 0. The molecule has 0 aliphatic heterocycles. The molecule has 1 N–H and O–H groups in total. The predicted octanol–water partition coefficient (Wildman–Crippen LogP) is 2.60. The maximum Gasteiger partial charge on any atom is 0.358 e. The summed E-state index contributed by atoms with van der Waals surface area (Å²) >= 11 is 1.15. The number of hydrogen-bond acceptors (Lipinski definition) is 7. The van der Waals surface area contributed by atoms with Gasteiger partial charge in [0.2, 0.25) is 11.8 Å². The molecule has 112 valence electrons. The van der Waals surface area contributed by atoms with Gasteiger partial charge in [0, 0.05) is 12.3 Å². The fourth-order valence-electron chi connectivity index (χ4n) is 1.76. The van der Waals surface area contributed by atoms with Gasteiger partial charge in [-0.05, 0) is 12.1 Å². The Morgan fingerprint density at radius 1 is 1.32 bits per heavy atom. The molecule has 7 nitrogen and oxygen atoms in total. The Labute approximate surface area is 128 Å². The third-order valence-electron chi connectivity index (χ3n) is 2.66. The second kappa shape index (κ2) is 5.94. The van der Waals surface area contributed by atoms with Crippen molar-refractivity contribution in [2.75, 3.05) is 5.32 Å². The molecule has 0 saturated carbocycles. The van der Waals surface area contributed by atoms with Gasteiger partial charge < -0.3 is 14.5 Å². The van der Waals surface area contributed by atoms with Crippen LogP contribution in [0, 0.1) is 0 Å². The predicted molar refractivity (Wildman–Crippen MR) is 79.5 cm³/mol. The van der Waals surface area contributed by atoms with Crippen molar-refractivity contribution in [1.29, 1.82) is 0 Å². The number of ether oxygens (including phenoxy) is 1. The van der Waals surface area contributed by atoms with Gasteiger partial charge >= 0.3 is 5.97 Å². The van der Waals surface area contributed by atoms with Crippen LogP contribution in [-0.4, -0.2) is 21.8 Å². The molecule has 0 saturated heterocycles. The summed E-state index contributed by atoms with van der Waals surface area (Å²) in [4.78, 5) is 30.9. The zero-order chi connectivity index (χ0) is 15.5. The Kier molecular flexibility index (Phi) is 3.84. The van der Waals surface area contributed by atoms with Crippen molar-refractivity contribution < 1.29 is 18.7 Å². The van der Waals surface area contributed by atoms with E-state index in [-0.39, 0.29) is 18.2 Å². The SMILES string of the molecule is CC(=O)Nc1nc(C(=O)OCc2nc3ccccc3o2)cs1. The fourth-order valence-corrected chi connectivity index (χ4v) is 2.48. The van der Waals surface area contributed by atoms with E-state index in [0.29, 0.717) is 22.1 Å². The molecule has 0 spiro atoms. The van der Waals surface area contributed by atoms with Crippen molar-refractivity contribution in [3.8, 4) is 0 Å². The molecule has 22 heavy (non-hydrogen) atoms. The van der Waals surface area contributed by atoms with Crippen LogP contribution in [0.4, 0.5) is 5.13 Å². The maximum absolute atomic E-state index is 11.9. The number of hydrogen-bond donors (Lipinski definition) is 1. The number of fused-ring (bicyclic) bond motifs is 1. The number of nitrogens with one attached hydrogen (secondary N) is 1. The number of carbonyl (C=O) groups excluding carboxylic acids is 2. The van der Waals surface area contributed by atoms with E-state index in [0.717, 1.165) is 11.3 Å². The average Bonchev–Trinajstić information content (AvgIpc) is 3.10. The molecule has 0 unspecified atom stereocenters. The number of esters is 1. The number of aromatic nitrogens is 2. The molecule has 0 aliphatic carbocycles. The van der Waals surface area contributed by atoms with Crippen LogP contribution in [0.2, 0.25) is 0 Å². The highest BCUT2D eigenvalue weighted by molar-refractivity contribution is 7.14. The summed E-state index contributed by atoms with van der Waals surface area (Å²) in [6.45, 7) is 1.28. The topological polar surface area (TPSA) is 94.3 Å². The van der Waals surface area contributed by atoms with Crippen LogP contribution < -0.4 is 5.32 Å². The summed E-state index contributed by atoms with van der Waals surface area (Å²) in [6.07, 6.45) is 0. The van der Waals surface area contributed by atoms with Gasteiger partial charge in [0.25, 0.3) is 0 Å². The minimum atomic E-state index is -0.602. The molecule has 8 heteroatoms. The van der Waals surface area contributed by atoms with E-state index in [1.807, 2.05) is 18.2 Å². The molecule has 3 aromatic rings. The first-order valence-corrected chi connectivity index (χ1v) is 7.24. The molecular formula is C14H11N3O4S. The Morgan fingerprint density at radius 2 is 2.14 bits per heavy atom. The Hall–Kier alpha value is -2.74. The van der Waals surface area contributed by atoms with E-state index < -0.39 is 5.97 Å². The van der Waals surface area contributed by atoms with E-state index >= 15 is 0 Å². The number of thiazole rings is 1. The smallest absolute Gasteiger partial charge is 0.358 e. The Balaban J connectivity index is 1.64. The first-order valence-electron chi connectivity index (χ1n) is 6.36. The lowest BCUT2D eigenvalue weighted by molar-refractivity contribution is -0.114. The monoisotopic (exact) mass is 317 g/mol. The molecule has 1 aromatic carbocycles. The summed E-state index contributed by atoms with van der Waals surface area (Å²) in [6, 6.07) is 7.28. The van der Waals surface area contributed by atoms with Gasteiger partial charge in [-0.1, -0.05) is 12.1 Å². The Morgan fingerprint density at radius 3 is 2.91 bits per heavy atom. The zero-order valence-electron chi connectivity index (χ0n) is 11.5. The van der Waals surface area contributed by atoms with Gasteiger partial charge in [-0.3, -0.25) is 4.79 Å². The number of amides is 1. The summed E-state index contributed by atoms with van der Waals surface area (Å²) in [5.74, 6) is -0.539. The van der Waals surface area contributed by atoms with Crippen molar-refractivity contribution in [3.63, 3.8) is 0 Å². The maximum atomic E-state index is 11.9. The second-order valence-corrected chi connectivity index (χ2v) is 5.23. The van der Waals surface area contributed by atoms with Crippen LogP contribution >= 0.6 is 11.3 Å².